The first-order chi connectivity index (χ1) is 24.2. The van der Waals surface area contributed by atoms with E-state index in [1.54, 1.807) is 0 Å². The lowest BCUT2D eigenvalue weighted by Crippen LogP contribution is -2.23. The number of para-hydroxylation sites is 2. The number of aryl methyl sites for hydroxylation is 1. The molecule has 0 fully saturated rings. The topological polar surface area (TPSA) is 17.0 Å². The lowest BCUT2D eigenvalue weighted by molar-refractivity contribution is 0.656. The van der Waals surface area contributed by atoms with Crippen molar-refractivity contribution in [3.63, 3.8) is 0 Å². The van der Waals surface area contributed by atoms with Gasteiger partial charge in [0, 0.05) is 26.3 Å². The molecule has 9 rings (SSSR count). The Hall–Kier alpha value is -5.35. The summed E-state index contributed by atoms with van der Waals surface area (Å²) in [5.74, 6) is 0. The van der Waals surface area contributed by atoms with E-state index < -0.39 is 0 Å². The summed E-state index contributed by atoms with van der Waals surface area (Å²) < 4.78 is 2.38. The smallest absolute Gasteiger partial charge is 0.0599 e. The Morgan fingerprint density at radius 2 is 1.27 bits per heavy atom. The van der Waals surface area contributed by atoms with E-state index in [1.807, 2.05) is 11.8 Å². The van der Waals surface area contributed by atoms with Crippen molar-refractivity contribution in [3.8, 4) is 27.9 Å². The third kappa shape index (κ3) is 5.09. The van der Waals surface area contributed by atoms with Gasteiger partial charge in [-0.1, -0.05) is 121 Å². The number of nitrogens with one attached hydrogen (secondary N) is 1. The van der Waals surface area contributed by atoms with E-state index in [-0.39, 0.29) is 6.04 Å². The minimum Gasteiger partial charge on any atom is -0.309 e. The Kier molecular flexibility index (Phi) is 7.45. The molecule has 7 aromatic carbocycles. The van der Waals surface area contributed by atoms with E-state index >= 15 is 0 Å². The van der Waals surface area contributed by atoms with Crippen molar-refractivity contribution in [2.24, 2.45) is 0 Å². The molecule has 1 atom stereocenters. The molecule has 2 heterocycles. The predicted octanol–water partition coefficient (Wildman–Crippen LogP) is 11.8. The van der Waals surface area contributed by atoms with Gasteiger partial charge in [0.05, 0.1) is 17.1 Å². The number of fused-ring (bicyclic) bond motifs is 5. The van der Waals surface area contributed by atoms with E-state index in [1.165, 1.54) is 87.4 Å². The van der Waals surface area contributed by atoms with Crippen LogP contribution in [0.25, 0.3) is 49.7 Å². The maximum absolute atomic E-state index is 3.64. The van der Waals surface area contributed by atoms with Crippen LogP contribution in [0.15, 0.2) is 168 Å². The maximum Gasteiger partial charge on any atom is 0.0599 e. The third-order valence-electron chi connectivity index (χ3n) is 10.1. The lowest BCUT2D eigenvalue weighted by Gasteiger charge is -2.30. The second-order valence-corrected chi connectivity index (χ2v) is 14.1. The summed E-state index contributed by atoms with van der Waals surface area (Å²) in [6.07, 6.45) is 0.870. The van der Waals surface area contributed by atoms with Crippen LogP contribution in [0.5, 0.6) is 0 Å². The average molecular weight is 649 g/mol. The predicted molar refractivity (Wildman–Crippen MR) is 207 cm³/mol. The van der Waals surface area contributed by atoms with E-state index in [0.29, 0.717) is 0 Å². The van der Waals surface area contributed by atoms with Gasteiger partial charge in [0.25, 0.3) is 0 Å². The summed E-state index contributed by atoms with van der Waals surface area (Å²) in [6, 6.07) is 58.1. The van der Waals surface area contributed by atoms with Gasteiger partial charge in [-0.05, 0) is 119 Å². The summed E-state index contributed by atoms with van der Waals surface area (Å²) in [5, 5.41) is 6.18. The van der Waals surface area contributed by atoms with E-state index in [4.69, 9.17) is 0 Å². The van der Waals surface area contributed by atoms with Crippen molar-refractivity contribution in [2.75, 3.05) is 7.05 Å². The molecule has 0 saturated heterocycles. The Bertz CT molecular complexity index is 2510. The van der Waals surface area contributed by atoms with Crippen molar-refractivity contribution in [3.05, 3.63) is 186 Å². The fourth-order valence-electron chi connectivity index (χ4n) is 7.79. The summed E-state index contributed by atoms with van der Waals surface area (Å²) in [6.45, 7) is 2.24. The minimum atomic E-state index is 0.170. The fraction of sp³-hybridized carbons (Fsp3) is 0.0870. The molecule has 3 heteroatoms. The molecule has 1 unspecified atom stereocenters. The number of benzene rings is 7. The quantitative estimate of drug-likeness (QED) is 0.193. The maximum atomic E-state index is 3.64. The molecule has 1 aliphatic rings. The van der Waals surface area contributed by atoms with Crippen molar-refractivity contribution in [2.45, 2.75) is 29.2 Å². The minimum absolute atomic E-state index is 0.170. The third-order valence-corrected chi connectivity index (χ3v) is 11.3. The van der Waals surface area contributed by atoms with Crippen molar-refractivity contribution in [1.82, 2.24) is 9.88 Å². The van der Waals surface area contributed by atoms with Gasteiger partial charge in [-0.3, -0.25) is 0 Å². The Balaban J connectivity index is 1.13. The molecule has 0 spiro atoms. The van der Waals surface area contributed by atoms with Crippen LogP contribution in [0.2, 0.25) is 0 Å². The largest absolute Gasteiger partial charge is 0.309 e. The normalized spacial score (nSPS) is 13.8. The van der Waals surface area contributed by atoms with E-state index in [2.05, 4.69) is 182 Å². The van der Waals surface area contributed by atoms with Crippen LogP contribution in [-0.4, -0.2) is 11.6 Å². The Labute approximate surface area is 292 Å². The highest BCUT2D eigenvalue weighted by molar-refractivity contribution is 7.99. The molecule has 8 aromatic rings. The highest BCUT2D eigenvalue weighted by atomic mass is 32.2. The van der Waals surface area contributed by atoms with Gasteiger partial charge in [-0.25, -0.2) is 0 Å². The Morgan fingerprint density at radius 1 is 0.571 bits per heavy atom. The van der Waals surface area contributed by atoms with Gasteiger partial charge < -0.3 is 9.88 Å². The highest BCUT2D eigenvalue weighted by Gasteiger charge is 2.27. The SMILES string of the molecule is CNC1c2ccccc2Sc2cccc(Cc3ccccc3-c3cc(-c4ccc5c(c4)c4ccccc4n5-c4ccccc4)ccc3C)c21. The molecule has 1 aromatic heterocycles. The number of aromatic nitrogens is 1. The second-order valence-electron chi connectivity index (χ2n) is 13.0. The zero-order valence-electron chi connectivity index (χ0n) is 27.7. The van der Waals surface area contributed by atoms with Gasteiger partial charge in [-0.15, -0.1) is 0 Å². The van der Waals surface area contributed by atoms with Crippen LogP contribution in [-0.2, 0) is 6.42 Å². The summed E-state index contributed by atoms with van der Waals surface area (Å²) in [7, 11) is 2.08. The van der Waals surface area contributed by atoms with Gasteiger partial charge in [0.2, 0.25) is 0 Å². The average Bonchev–Trinajstić information content (AvgIpc) is 3.48. The van der Waals surface area contributed by atoms with Gasteiger partial charge in [-0.2, -0.15) is 0 Å². The van der Waals surface area contributed by atoms with Gasteiger partial charge in [0.1, 0.15) is 0 Å². The van der Waals surface area contributed by atoms with Gasteiger partial charge >= 0.3 is 0 Å². The zero-order valence-corrected chi connectivity index (χ0v) is 28.5. The first-order valence-corrected chi connectivity index (χ1v) is 17.8. The van der Waals surface area contributed by atoms with Crippen LogP contribution < -0.4 is 5.32 Å². The van der Waals surface area contributed by atoms with E-state index in [0.717, 1.165) is 6.42 Å². The van der Waals surface area contributed by atoms with Gasteiger partial charge in [0.15, 0.2) is 0 Å². The van der Waals surface area contributed by atoms with Crippen LogP contribution >= 0.6 is 11.8 Å². The standard InChI is InChI=1S/C46H36N2S/c1-30-23-24-31(32-25-26-42-40(29-32)37-18-8-10-20-41(37)48(42)35-15-4-3-5-16-35)28-39(30)36-17-7-6-13-33(36)27-34-14-12-22-44-45(34)46(47-2)38-19-9-11-21-43(38)49-44/h3-26,28-29,46-47H,27H2,1-2H3. The van der Waals surface area contributed by atoms with Crippen LogP contribution in [0.4, 0.5) is 0 Å². The van der Waals surface area contributed by atoms with E-state index in [9.17, 15) is 0 Å². The summed E-state index contributed by atoms with van der Waals surface area (Å²) in [5.41, 5.74) is 15.4. The molecule has 0 aliphatic carbocycles. The Morgan fingerprint density at radius 3 is 2.16 bits per heavy atom. The van der Waals surface area contributed by atoms with Crippen LogP contribution in [0, 0.1) is 6.92 Å². The molecule has 0 amide bonds. The molecule has 236 valence electrons. The van der Waals surface area contributed by atoms with Crippen LogP contribution in [0.1, 0.15) is 33.9 Å². The monoisotopic (exact) mass is 648 g/mol. The van der Waals surface area contributed by atoms with Crippen LogP contribution in [0.3, 0.4) is 0 Å². The van der Waals surface area contributed by atoms with Crippen molar-refractivity contribution in [1.29, 1.82) is 0 Å². The molecule has 1 N–H and O–H groups in total. The number of nitrogens with zero attached hydrogens (tertiary/aromatic N) is 1. The first kappa shape index (κ1) is 29.8. The molecule has 0 radical (unpaired) electrons. The summed E-state index contributed by atoms with van der Waals surface area (Å²) >= 11 is 1.89. The molecule has 2 nitrogen and oxygen atoms in total. The highest BCUT2D eigenvalue weighted by Crippen LogP contribution is 2.46. The van der Waals surface area contributed by atoms with Crippen molar-refractivity contribution >= 4 is 33.6 Å². The molecule has 0 saturated carbocycles. The molecule has 0 bridgehead atoms. The fourth-order valence-corrected chi connectivity index (χ4v) is 8.98. The first-order valence-electron chi connectivity index (χ1n) is 17.0. The summed E-state index contributed by atoms with van der Waals surface area (Å²) in [4.78, 5) is 2.68. The van der Waals surface area contributed by atoms with Crippen molar-refractivity contribution < 1.29 is 0 Å². The molecular weight excluding hydrogens is 613 g/mol. The zero-order chi connectivity index (χ0) is 32.9. The number of rotatable bonds is 6. The second kappa shape index (κ2) is 12.3. The molecule has 1 aliphatic heterocycles. The lowest BCUT2D eigenvalue weighted by atomic mass is 9.87. The number of hydrogen-bond acceptors (Lipinski definition) is 2. The molecular formula is C46H36N2S. The molecule has 49 heavy (non-hydrogen) atoms. The number of hydrogen-bond donors (Lipinski definition) is 1.